The number of ketones is 1. The maximum atomic E-state index is 12.8. The summed E-state index contributed by atoms with van der Waals surface area (Å²) in [5.74, 6) is 1.09. The number of rotatable bonds is 1. The van der Waals surface area contributed by atoms with E-state index in [1.54, 1.807) is 6.08 Å². The molecule has 0 radical (unpaired) electrons. The van der Waals surface area contributed by atoms with Crippen molar-refractivity contribution in [1.29, 1.82) is 0 Å². The third-order valence-corrected chi connectivity index (χ3v) is 7.88. The minimum absolute atomic E-state index is 0.00441. The lowest BCUT2D eigenvalue weighted by atomic mass is 9.46. The molecule has 128 valence electrons. The summed E-state index contributed by atoms with van der Waals surface area (Å²) in [6.07, 6.45) is 6.56. The molecule has 0 heterocycles. The second-order valence-corrected chi connectivity index (χ2v) is 8.64. The molecule has 23 heavy (non-hydrogen) atoms. The summed E-state index contributed by atoms with van der Waals surface area (Å²) >= 11 is 0. The fourth-order valence-corrected chi connectivity index (χ4v) is 6.57. The zero-order chi connectivity index (χ0) is 16.4. The number of carbonyl (C=O) groups is 1. The van der Waals surface area contributed by atoms with Gasteiger partial charge in [-0.2, -0.15) is 0 Å². The first kappa shape index (κ1) is 15.8. The molecule has 0 saturated heterocycles. The van der Waals surface area contributed by atoms with Gasteiger partial charge in [-0.25, -0.2) is 0 Å². The molecule has 4 aliphatic rings. The molecule has 4 rings (SSSR count). The minimum Gasteiger partial charge on any atom is -0.395 e. The number of Topliss-reactive ketones (excluding diaryl/α,β-unsaturated/α-hetero) is 1. The third kappa shape index (κ3) is 1.98. The van der Waals surface area contributed by atoms with E-state index in [0.29, 0.717) is 36.7 Å². The molecule has 0 aromatic heterocycles. The lowest BCUT2D eigenvalue weighted by Gasteiger charge is -2.57. The SMILES string of the molecule is C[C@]12CC[C@H]3[C@@H](CC(=O)C4=C[C@@H](O)CC[C@@]43CO)[C@@H]1CC[C@@H]2O. The van der Waals surface area contributed by atoms with E-state index in [1.807, 2.05) is 0 Å². The van der Waals surface area contributed by atoms with Crippen LogP contribution in [-0.2, 0) is 4.79 Å². The van der Waals surface area contributed by atoms with Gasteiger partial charge in [0.1, 0.15) is 0 Å². The fourth-order valence-electron chi connectivity index (χ4n) is 6.57. The van der Waals surface area contributed by atoms with Crippen molar-refractivity contribution in [3.05, 3.63) is 11.6 Å². The maximum absolute atomic E-state index is 12.8. The van der Waals surface area contributed by atoms with Gasteiger partial charge in [0.2, 0.25) is 0 Å². The van der Waals surface area contributed by atoms with Crippen molar-refractivity contribution >= 4 is 5.78 Å². The lowest BCUT2D eigenvalue weighted by molar-refractivity contribution is -0.135. The Morgan fingerprint density at radius 2 is 1.91 bits per heavy atom. The van der Waals surface area contributed by atoms with Gasteiger partial charge < -0.3 is 15.3 Å². The van der Waals surface area contributed by atoms with Crippen LogP contribution in [0.3, 0.4) is 0 Å². The highest BCUT2D eigenvalue weighted by atomic mass is 16.3. The summed E-state index contributed by atoms with van der Waals surface area (Å²) in [7, 11) is 0. The molecule has 0 aromatic rings. The molecule has 4 nitrogen and oxygen atoms in total. The van der Waals surface area contributed by atoms with Gasteiger partial charge in [-0.15, -0.1) is 0 Å². The van der Waals surface area contributed by atoms with E-state index >= 15 is 0 Å². The molecule has 3 N–H and O–H groups in total. The van der Waals surface area contributed by atoms with Crippen LogP contribution >= 0.6 is 0 Å². The van der Waals surface area contributed by atoms with Gasteiger partial charge in [-0.05, 0) is 67.8 Å². The van der Waals surface area contributed by atoms with Crippen molar-refractivity contribution in [2.75, 3.05) is 6.61 Å². The molecule has 0 spiro atoms. The van der Waals surface area contributed by atoms with Crippen molar-refractivity contribution in [3.63, 3.8) is 0 Å². The number of hydrogen-bond donors (Lipinski definition) is 3. The maximum Gasteiger partial charge on any atom is 0.159 e. The van der Waals surface area contributed by atoms with Crippen molar-refractivity contribution in [1.82, 2.24) is 0 Å². The van der Waals surface area contributed by atoms with Crippen molar-refractivity contribution in [2.24, 2.45) is 28.6 Å². The molecule has 3 fully saturated rings. The largest absolute Gasteiger partial charge is 0.395 e. The van der Waals surface area contributed by atoms with Crippen molar-refractivity contribution in [2.45, 2.75) is 64.1 Å². The van der Waals surface area contributed by atoms with Gasteiger partial charge in [0.25, 0.3) is 0 Å². The molecule has 7 atom stereocenters. The average molecular weight is 320 g/mol. The molecule has 4 aliphatic carbocycles. The molecule has 0 bridgehead atoms. The van der Waals surface area contributed by atoms with Crippen molar-refractivity contribution < 1.29 is 20.1 Å². The average Bonchev–Trinajstić information content (AvgIpc) is 2.84. The monoisotopic (exact) mass is 320 g/mol. The fraction of sp³-hybridized carbons (Fsp3) is 0.842. The number of hydrogen-bond acceptors (Lipinski definition) is 4. The van der Waals surface area contributed by atoms with Gasteiger partial charge in [0, 0.05) is 17.4 Å². The highest BCUT2D eigenvalue weighted by Gasteiger charge is 2.61. The first-order chi connectivity index (χ1) is 10.9. The normalized spacial score (nSPS) is 52.4. The van der Waals surface area contributed by atoms with E-state index < -0.39 is 11.5 Å². The zero-order valence-corrected chi connectivity index (χ0v) is 13.9. The predicted molar refractivity (Wildman–Crippen MR) is 85.5 cm³/mol. The quantitative estimate of drug-likeness (QED) is 0.689. The lowest BCUT2D eigenvalue weighted by Crippen LogP contribution is -2.56. The van der Waals surface area contributed by atoms with Crippen LogP contribution in [0, 0.1) is 28.6 Å². The van der Waals surface area contributed by atoms with E-state index in [2.05, 4.69) is 6.92 Å². The van der Waals surface area contributed by atoms with E-state index in [1.165, 1.54) is 0 Å². The highest BCUT2D eigenvalue weighted by Crippen LogP contribution is 2.64. The van der Waals surface area contributed by atoms with Crippen LogP contribution in [0.25, 0.3) is 0 Å². The van der Waals surface area contributed by atoms with Crippen LogP contribution in [0.1, 0.15) is 51.9 Å². The Morgan fingerprint density at radius 1 is 1.13 bits per heavy atom. The number of fused-ring (bicyclic) bond motifs is 5. The second kappa shape index (κ2) is 5.14. The van der Waals surface area contributed by atoms with Gasteiger partial charge in [-0.3, -0.25) is 4.79 Å². The summed E-state index contributed by atoms with van der Waals surface area (Å²) < 4.78 is 0. The molecule has 0 aromatic carbocycles. The van der Waals surface area contributed by atoms with Crippen LogP contribution in [0.2, 0.25) is 0 Å². The molecular weight excluding hydrogens is 292 g/mol. The van der Waals surface area contributed by atoms with Gasteiger partial charge in [0.05, 0.1) is 18.8 Å². The predicted octanol–water partition coefficient (Wildman–Crippen LogP) is 1.82. The minimum atomic E-state index is -0.549. The Bertz CT molecular complexity index is 556. The van der Waals surface area contributed by atoms with Crippen LogP contribution in [0.5, 0.6) is 0 Å². The summed E-state index contributed by atoms with van der Waals surface area (Å²) in [5.41, 5.74) is 0.184. The van der Waals surface area contributed by atoms with Crippen LogP contribution in [-0.4, -0.2) is 39.9 Å². The number of aliphatic hydroxyl groups is 3. The first-order valence-corrected chi connectivity index (χ1v) is 9.15. The number of aliphatic hydroxyl groups excluding tert-OH is 3. The van der Waals surface area contributed by atoms with Gasteiger partial charge in [-0.1, -0.05) is 6.92 Å². The molecule has 4 heteroatoms. The van der Waals surface area contributed by atoms with E-state index in [0.717, 1.165) is 25.7 Å². The highest BCUT2D eigenvalue weighted by molar-refractivity contribution is 5.98. The number of carbonyl (C=O) groups excluding carboxylic acids is 1. The summed E-state index contributed by atoms with van der Waals surface area (Å²) in [6.45, 7) is 2.20. The summed E-state index contributed by atoms with van der Waals surface area (Å²) in [4.78, 5) is 12.8. The molecule has 0 unspecified atom stereocenters. The van der Waals surface area contributed by atoms with E-state index in [-0.39, 0.29) is 29.8 Å². The molecule has 0 amide bonds. The third-order valence-electron chi connectivity index (χ3n) is 7.88. The Balaban J connectivity index is 1.76. The summed E-state index contributed by atoms with van der Waals surface area (Å²) in [6, 6.07) is 0. The Kier molecular flexibility index (Phi) is 3.53. The second-order valence-electron chi connectivity index (χ2n) is 8.64. The summed E-state index contributed by atoms with van der Waals surface area (Å²) in [5, 5.41) is 30.7. The Morgan fingerprint density at radius 3 is 2.65 bits per heavy atom. The molecular formula is C19H28O4. The van der Waals surface area contributed by atoms with Gasteiger partial charge in [0.15, 0.2) is 5.78 Å². The smallest absolute Gasteiger partial charge is 0.159 e. The van der Waals surface area contributed by atoms with Crippen LogP contribution < -0.4 is 0 Å². The molecule has 0 aliphatic heterocycles. The van der Waals surface area contributed by atoms with E-state index in [9.17, 15) is 20.1 Å². The van der Waals surface area contributed by atoms with Crippen molar-refractivity contribution in [3.8, 4) is 0 Å². The standard InChI is InChI=1S/C19H28O4/c1-18-6-5-14-12(13(18)2-3-17(18)23)9-16(22)15-8-11(21)4-7-19(14,15)10-20/h8,11-14,17,20-21,23H,2-7,9-10H2,1H3/t11-,12-,13-,14-,17-,18-,19-/m0/s1. The van der Waals surface area contributed by atoms with Crippen LogP contribution in [0.4, 0.5) is 0 Å². The first-order valence-electron chi connectivity index (χ1n) is 9.15. The topological polar surface area (TPSA) is 77.8 Å². The Hall–Kier alpha value is -0.710. The Labute approximate surface area is 137 Å². The zero-order valence-electron chi connectivity index (χ0n) is 13.9. The molecule has 3 saturated carbocycles. The van der Waals surface area contributed by atoms with E-state index in [4.69, 9.17) is 0 Å². The van der Waals surface area contributed by atoms with Gasteiger partial charge >= 0.3 is 0 Å². The van der Waals surface area contributed by atoms with Crippen LogP contribution in [0.15, 0.2) is 11.6 Å².